The molecule has 1 saturated heterocycles. The van der Waals surface area contributed by atoms with Crippen molar-refractivity contribution in [3.8, 4) is 0 Å². The Balaban J connectivity index is 1.99. The molecule has 2 N–H and O–H groups in total. The van der Waals surface area contributed by atoms with Crippen molar-refractivity contribution >= 4 is 23.2 Å². The summed E-state index contributed by atoms with van der Waals surface area (Å²) in [6.07, 6.45) is 4.72. The van der Waals surface area contributed by atoms with Gasteiger partial charge in [0.2, 0.25) is 5.91 Å². The Hall–Kier alpha value is -1.13. The van der Waals surface area contributed by atoms with Crippen LogP contribution in [0.2, 0.25) is 5.15 Å². The van der Waals surface area contributed by atoms with Gasteiger partial charge in [-0.3, -0.25) is 4.79 Å². The van der Waals surface area contributed by atoms with Crippen molar-refractivity contribution in [2.75, 3.05) is 11.9 Å². The fraction of sp³-hybridized carbons (Fsp3) is 0.500. The molecule has 92 valence electrons. The van der Waals surface area contributed by atoms with Gasteiger partial charge in [0.1, 0.15) is 5.15 Å². The molecule has 1 amide bonds. The molecule has 1 aliphatic heterocycles. The minimum atomic E-state index is -0.0836. The van der Waals surface area contributed by atoms with Gasteiger partial charge in [-0.25, -0.2) is 4.98 Å². The molecule has 0 saturated carbocycles. The summed E-state index contributed by atoms with van der Waals surface area (Å²) in [6.45, 7) is 2.78. The highest BCUT2D eigenvalue weighted by Gasteiger charge is 2.20. The van der Waals surface area contributed by atoms with E-state index in [1.807, 2.05) is 13.0 Å². The second-order valence-electron chi connectivity index (χ2n) is 4.32. The molecule has 5 heteroatoms. The Morgan fingerprint density at radius 1 is 1.59 bits per heavy atom. The number of carbonyl (C=O) groups is 1. The highest BCUT2D eigenvalue weighted by molar-refractivity contribution is 6.30. The van der Waals surface area contributed by atoms with Gasteiger partial charge in [-0.15, -0.1) is 0 Å². The standard InChI is InChI=1S/C12H16ClN3O/c1-8-6-9(7-15-11(8)13)16-12(17)10-4-2-3-5-14-10/h6-7,10,14H,2-5H2,1H3,(H,16,17)/t10-/m1/s1. The summed E-state index contributed by atoms with van der Waals surface area (Å²) in [6, 6.07) is 1.75. The smallest absolute Gasteiger partial charge is 0.241 e. The first-order valence-electron chi connectivity index (χ1n) is 5.83. The summed E-state index contributed by atoms with van der Waals surface area (Å²) in [7, 11) is 0. The second-order valence-corrected chi connectivity index (χ2v) is 4.68. The van der Waals surface area contributed by atoms with E-state index in [1.165, 1.54) is 0 Å². The first-order valence-corrected chi connectivity index (χ1v) is 6.21. The molecule has 1 aromatic heterocycles. The van der Waals surface area contributed by atoms with Crippen LogP contribution >= 0.6 is 11.6 Å². The van der Waals surface area contributed by atoms with Crippen LogP contribution in [-0.4, -0.2) is 23.5 Å². The van der Waals surface area contributed by atoms with Crippen LogP contribution in [0.4, 0.5) is 5.69 Å². The molecular formula is C12H16ClN3O. The quantitative estimate of drug-likeness (QED) is 0.794. The summed E-state index contributed by atoms with van der Waals surface area (Å²) in [4.78, 5) is 15.9. The average molecular weight is 254 g/mol. The summed E-state index contributed by atoms with van der Waals surface area (Å²) in [5, 5.41) is 6.53. The molecule has 0 spiro atoms. The van der Waals surface area contributed by atoms with Gasteiger partial charge in [0.05, 0.1) is 17.9 Å². The lowest BCUT2D eigenvalue weighted by atomic mass is 10.0. The number of aryl methyl sites for hydroxylation is 1. The topological polar surface area (TPSA) is 54.0 Å². The molecule has 0 unspecified atom stereocenters. The molecule has 2 heterocycles. The third-order valence-electron chi connectivity index (χ3n) is 2.91. The number of amides is 1. The monoisotopic (exact) mass is 253 g/mol. The predicted molar refractivity (Wildman–Crippen MR) is 68.3 cm³/mol. The van der Waals surface area contributed by atoms with Crippen LogP contribution in [-0.2, 0) is 4.79 Å². The molecule has 0 aliphatic carbocycles. The first-order chi connectivity index (χ1) is 8.16. The van der Waals surface area contributed by atoms with Gasteiger partial charge >= 0.3 is 0 Å². The maximum atomic E-state index is 11.9. The SMILES string of the molecule is Cc1cc(NC(=O)[C@H]2CCCCN2)cnc1Cl. The number of hydrogen-bond acceptors (Lipinski definition) is 3. The largest absolute Gasteiger partial charge is 0.323 e. The van der Waals surface area contributed by atoms with E-state index in [2.05, 4.69) is 15.6 Å². The van der Waals surface area contributed by atoms with Crippen molar-refractivity contribution in [3.05, 3.63) is 23.0 Å². The van der Waals surface area contributed by atoms with Crippen LogP contribution in [0, 0.1) is 6.92 Å². The number of pyridine rings is 1. The molecule has 1 fully saturated rings. The lowest BCUT2D eigenvalue weighted by molar-refractivity contribution is -0.118. The summed E-state index contributed by atoms with van der Waals surface area (Å²) in [5.41, 5.74) is 1.56. The van der Waals surface area contributed by atoms with Crippen LogP contribution < -0.4 is 10.6 Å². The van der Waals surface area contributed by atoms with Crippen molar-refractivity contribution in [2.45, 2.75) is 32.2 Å². The van der Waals surface area contributed by atoms with E-state index >= 15 is 0 Å². The van der Waals surface area contributed by atoms with Crippen molar-refractivity contribution in [1.29, 1.82) is 0 Å². The lowest BCUT2D eigenvalue weighted by Crippen LogP contribution is -2.43. The van der Waals surface area contributed by atoms with E-state index in [1.54, 1.807) is 6.20 Å². The van der Waals surface area contributed by atoms with E-state index in [-0.39, 0.29) is 11.9 Å². The molecule has 0 radical (unpaired) electrons. The van der Waals surface area contributed by atoms with E-state index in [0.29, 0.717) is 10.8 Å². The zero-order valence-electron chi connectivity index (χ0n) is 9.79. The Morgan fingerprint density at radius 3 is 3.06 bits per heavy atom. The molecule has 1 aromatic rings. The number of hydrogen-bond donors (Lipinski definition) is 2. The highest BCUT2D eigenvalue weighted by Crippen LogP contribution is 2.17. The number of carbonyl (C=O) groups excluding carboxylic acids is 1. The van der Waals surface area contributed by atoms with E-state index in [0.717, 1.165) is 31.4 Å². The van der Waals surface area contributed by atoms with Gasteiger partial charge in [0.25, 0.3) is 0 Å². The van der Waals surface area contributed by atoms with Gasteiger partial charge in [-0.1, -0.05) is 18.0 Å². The van der Waals surface area contributed by atoms with Gasteiger partial charge in [-0.2, -0.15) is 0 Å². The number of nitrogens with zero attached hydrogens (tertiary/aromatic N) is 1. The number of anilines is 1. The van der Waals surface area contributed by atoms with Crippen LogP contribution in [0.3, 0.4) is 0 Å². The number of halogens is 1. The third kappa shape index (κ3) is 3.17. The van der Waals surface area contributed by atoms with Crippen molar-refractivity contribution in [2.24, 2.45) is 0 Å². The lowest BCUT2D eigenvalue weighted by Gasteiger charge is -2.22. The summed E-state index contributed by atoms with van der Waals surface area (Å²) < 4.78 is 0. The normalized spacial score (nSPS) is 20.0. The first kappa shape index (κ1) is 12.3. The van der Waals surface area contributed by atoms with Crippen molar-refractivity contribution in [1.82, 2.24) is 10.3 Å². The summed E-state index contributed by atoms with van der Waals surface area (Å²) in [5.74, 6) is 0.00761. The molecule has 0 bridgehead atoms. The predicted octanol–water partition coefficient (Wildman–Crippen LogP) is 2.12. The molecule has 17 heavy (non-hydrogen) atoms. The zero-order chi connectivity index (χ0) is 12.3. The fourth-order valence-electron chi connectivity index (χ4n) is 1.93. The van der Waals surface area contributed by atoms with Crippen molar-refractivity contribution < 1.29 is 4.79 Å². The highest BCUT2D eigenvalue weighted by atomic mass is 35.5. The molecule has 0 aromatic carbocycles. The Bertz CT molecular complexity index is 416. The average Bonchev–Trinajstić information content (AvgIpc) is 2.35. The summed E-state index contributed by atoms with van der Waals surface area (Å²) >= 11 is 5.83. The van der Waals surface area contributed by atoms with Crippen LogP contribution in [0.1, 0.15) is 24.8 Å². The maximum Gasteiger partial charge on any atom is 0.241 e. The van der Waals surface area contributed by atoms with E-state index < -0.39 is 0 Å². The Labute approximate surface area is 106 Å². The molecule has 1 aliphatic rings. The number of rotatable bonds is 2. The van der Waals surface area contributed by atoms with Crippen LogP contribution in [0.25, 0.3) is 0 Å². The number of aromatic nitrogens is 1. The molecule has 1 atom stereocenters. The van der Waals surface area contributed by atoms with Crippen LogP contribution in [0.5, 0.6) is 0 Å². The second kappa shape index (κ2) is 5.47. The number of nitrogens with one attached hydrogen (secondary N) is 2. The van der Waals surface area contributed by atoms with E-state index in [9.17, 15) is 4.79 Å². The van der Waals surface area contributed by atoms with Gasteiger partial charge in [0, 0.05) is 0 Å². The maximum absolute atomic E-state index is 11.9. The van der Waals surface area contributed by atoms with Gasteiger partial charge in [0.15, 0.2) is 0 Å². The Kier molecular flexibility index (Phi) is 3.97. The minimum Gasteiger partial charge on any atom is -0.323 e. The van der Waals surface area contributed by atoms with Gasteiger partial charge < -0.3 is 10.6 Å². The molecule has 2 rings (SSSR count). The zero-order valence-corrected chi connectivity index (χ0v) is 10.5. The minimum absolute atomic E-state index is 0.00761. The van der Waals surface area contributed by atoms with Gasteiger partial charge in [-0.05, 0) is 37.9 Å². The fourth-order valence-corrected chi connectivity index (χ4v) is 2.03. The number of piperidine rings is 1. The Morgan fingerprint density at radius 2 is 2.41 bits per heavy atom. The third-order valence-corrected chi connectivity index (χ3v) is 3.30. The van der Waals surface area contributed by atoms with Crippen LogP contribution in [0.15, 0.2) is 12.3 Å². The molecular weight excluding hydrogens is 238 g/mol. The molecule has 4 nitrogen and oxygen atoms in total. The van der Waals surface area contributed by atoms with Crippen molar-refractivity contribution in [3.63, 3.8) is 0 Å². The van der Waals surface area contributed by atoms with E-state index in [4.69, 9.17) is 11.6 Å².